The predicted octanol–water partition coefficient (Wildman–Crippen LogP) is 4.81. The van der Waals surface area contributed by atoms with Crippen molar-refractivity contribution in [3.63, 3.8) is 0 Å². The number of aliphatic carboxylic acids is 1. The van der Waals surface area contributed by atoms with E-state index >= 15 is 0 Å². The molecule has 0 amide bonds. The highest BCUT2D eigenvalue weighted by molar-refractivity contribution is 7.99. The van der Waals surface area contributed by atoms with E-state index in [1.807, 2.05) is 0 Å². The summed E-state index contributed by atoms with van der Waals surface area (Å²) < 4.78 is 39.7. The fourth-order valence-corrected chi connectivity index (χ4v) is 3.24. The summed E-state index contributed by atoms with van der Waals surface area (Å²) in [5.74, 6) is -1.15. The van der Waals surface area contributed by atoms with Crippen LogP contribution in [-0.2, 0) is 11.0 Å². The third-order valence-corrected chi connectivity index (χ3v) is 4.64. The maximum atomic E-state index is 12.7. The molecule has 0 saturated carbocycles. The number of hydrogen-bond acceptors (Lipinski definition) is 4. The summed E-state index contributed by atoms with van der Waals surface area (Å²) >= 11 is 6.87. The Bertz CT molecular complexity index is 1020. The summed E-state index contributed by atoms with van der Waals surface area (Å²) in [4.78, 5) is 18.9. The molecule has 0 bridgehead atoms. The highest BCUT2D eigenvalue weighted by Gasteiger charge is 2.31. The molecule has 2 heterocycles. The van der Waals surface area contributed by atoms with Gasteiger partial charge in [0.25, 0.3) is 0 Å². The second kappa shape index (κ2) is 7.00. The van der Waals surface area contributed by atoms with Crippen molar-refractivity contribution in [1.29, 1.82) is 0 Å². The quantitative estimate of drug-likeness (QED) is 0.638. The lowest BCUT2D eigenvalue weighted by Gasteiger charge is -2.09. The number of fused-ring (bicyclic) bond motifs is 1. The molecule has 0 unspecified atom stereocenters. The molecule has 0 aliphatic heterocycles. The Morgan fingerprint density at radius 2 is 2.04 bits per heavy atom. The van der Waals surface area contributed by atoms with Gasteiger partial charge in [0.2, 0.25) is 0 Å². The first-order valence-electron chi connectivity index (χ1n) is 7.04. The number of nitrogens with zero attached hydrogens (tertiary/aromatic N) is 3. The number of para-hydroxylation sites is 2. The fourth-order valence-electron chi connectivity index (χ4n) is 2.12. The van der Waals surface area contributed by atoms with Gasteiger partial charge in [0, 0.05) is 18.5 Å². The van der Waals surface area contributed by atoms with Crippen LogP contribution < -0.4 is 0 Å². The minimum absolute atomic E-state index is 0.125. The first-order valence-corrected chi connectivity index (χ1v) is 8.24. The molecule has 0 aliphatic rings. The number of benzene rings is 1. The Balaban J connectivity index is 2.03. The van der Waals surface area contributed by atoms with Crippen molar-refractivity contribution in [2.45, 2.75) is 16.4 Å². The smallest absolute Gasteiger partial charge is 0.417 e. The lowest BCUT2D eigenvalue weighted by Crippen LogP contribution is -2.05. The molecule has 0 spiro atoms. The Hall–Kier alpha value is -2.52. The van der Waals surface area contributed by atoms with E-state index in [2.05, 4.69) is 9.97 Å². The number of imidazole rings is 1. The van der Waals surface area contributed by atoms with E-state index in [1.165, 1.54) is 10.8 Å². The Morgan fingerprint density at radius 1 is 1.31 bits per heavy atom. The van der Waals surface area contributed by atoms with E-state index in [-0.39, 0.29) is 10.0 Å². The summed E-state index contributed by atoms with van der Waals surface area (Å²) in [6, 6.07) is 7.77. The number of pyridine rings is 1. The number of halogens is 4. The first kappa shape index (κ1) is 18.3. The zero-order chi connectivity index (χ0) is 18.9. The van der Waals surface area contributed by atoms with Gasteiger partial charge in [0.1, 0.15) is 5.03 Å². The van der Waals surface area contributed by atoms with Crippen molar-refractivity contribution in [2.75, 3.05) is 0 Å². The normalized spacial score (nSPS) is 12.2. The summed E-state index contributed by atoms with van der Waals surface area (Å²) in [6.07, 6.45) is -1.62. The third-order valence-electron chi connectivity index (χ3n) is 3.25. The molecule has 0 saturated heterocycles. The van der Waals surface area contributed by atoms with Crippen LogP contribution in [-0.4, -0.2) is 25.6 Å². The van der Waals surface area contributed by atoms with Crippen molar-refractivity contribution in [3.05, 3.63) is 53.2 Å². The number of hydrogen-bond donors (Lipinski definition) is 1. The Labute approximate surface area is 154 Å². The summed E-state index contributed by atoms with van der Waals surface area (Å²) in [7, 11) is 0. The highest BCUT2D eigenvalue weighted by atomic mass is 35.5. The molecule has 2 aromatic heterocycles. The Kier molecular flexibility index (Phi) is 4.92. The van der Waals surface area contributed by atoms with Gasteiger partial charge in [-0.3, -0.25) is 4.57 Å². The molecular formula is C16H9ClF3N3O2S. The number of carboxylic acid groups (broad SMARTS) is 1. The van der Waals surface area contributed by atoms with E-state index in [0.717, 1.165) is 23.9 Å². The van der Waals surface area contributed by atoms with Gasteiger partial charge < -0.3 is 5.11 Å². The Morgan fingerprint density at radius 3 is 2.69 bits per heavy atom. The molecule has 5 nitrogen and oxygen atoms in total. The average Bonchev–Trinajstić information content (AvgIpc) is 2.91. The topological polar surface area (TPSA) is 68.0 Å². The fraction of sp³-hybridized carbons (Fsp3) is 0.0625. The van der Waals surface area contributed by atoms with Crippen molar-refractivity contribution in [2.24, 2.45) is 0 Å². The van der Waals surface area contributed by atoms with Crippen LogP contribution in [0.2, 0.25) is 5.02 Å². The highest BCUT2D eigenvalue weighted by Crippen LogP contribution is 2.37. The second-order valence-corrected chi connectivity index (χ2v) is 6.38. The minimum atomic E-state index is -4.54. The molecule has 26 heavy (non-hydrogen) atoms. The summed E-state index contributed by atoms with van der Waals surface area (Å²) in [6.45, 7) is 0. The van der Waals surface area contributed by atoms with Crippen molar-refractivity contribution < 1.29 is 23.1 Å². The summed E-state index contributed by atoms with van der Waals surface area (Å²) in [5, 5.41) is 9.12. The number of rotatable bonds is 4. The van der Waals surface area contributed by atoms with Gasteiger partial charge in [-0.1, -0.05) is 23.7 Å². The van der Waals surface area contributed by atoms with Crippen LogP contribution in [0.4, 0.5) is 13.2 Å². The van der Waals surface area contributed by atoms with E-state index in [1.54, 1.807) is 24.3 Å². The van der Waals surface area contributed by atoms with E-state index in [0.29, 0.717) is 22.4 Å². The molecule has 0 radical (unpaired) electrons. The molecule has 1 aromatic carbocycles. The van der Waals surface area contributed by atoms with Crippen LogP contribution in [0, 0.1) is 0 Å². The van der Waals surface area contributed by atoms with Crippen LogP contribution in [0.15, 0.2) is 52.8 Å². The molecule has 0 atom stereocenters. The van der Waals surface area contributed by atoms with Gasteiger partial charge in [0.15, 0.2) is 5.16 Å². The van der Waals surface area contributed by atoms with Gasteiger partial charge in [0.05, 0.1) is 21.6 Å². The maximum absolute atomic E-state index is 12.7. The predicted molar refractivity (Wildman–Crippen MR) is 91.1 cm³/mol. The van der Waals surface area contributed by atoms with Crippen LogP contribution in [0.3, 0.4) is 0 Å². The molecule has 1 N–H and O–H groups in total. The molecule has 10 heteroatoms. The standard InChI is InChI=1S/C16H9ClF3N3O2S/c17-10-7-9(16(18,19)20)8-21-14(10)26-15-22-11-3-1-2-4-12(11)23(15)6-5-13(24)25/h1-8H,(H,24,25)/b6-5+. The third kappa shape index (κ3) is 3.83. The van der Waals surface area contributed by atoms with Crippen LogP contribution >= 0.6 is 23.4 Å². The second-order valence-electron chi connectivity index (χ2n) is 5.02. The maximum Gasteiger partial charge on any atom is 0.417 e. The van der Waals surface area contributed by atoms with Gasteiger partial charge in [-0.25, -0.2) is 14.8 Å². The SMILES string of the molecule is O=C(O)/C=C/n1c(Sc2ncc(C(F)(F)F)cc2Cl)nc2ccccc21. The van der Waals surface area contributed by atoms with Crippen LogP contribution in [0.5, 0.6) is 0 Å². The number of carboxylic acids is 1. The van der Waals surface area contributed by atoms with E-state index in [4.69, 9.17) is 16.7 Å². The first-order chi connectivity index (χ1) is 12.3. The molecule has 0 aliphatic carbocycles. The van der Waals surface area contributed by atoms with Crippen LogP contribution in [0.25, 0.3) is 17.2 Å². The average molecular weight is 400 g/mol. The van der Waals surface area contributed by atoms with Gasteiger partial charge in [-0.05, 0) is 30.0 Å². The zero-order valence-corrected chi connectivity index (χ0v) is 14.3. The lowest BCUT2D eigenvalue weighted by molar-refractivity contribution is -0.138. The van der Waals surface area contributed by atoms with Gasteiger partial charge in [-0.15, -0.1) is 0 Å². The van der Waals surface area contributed by atoms with Crippen molar-refractivity contribution >= 4 is 46.6 Å². The summed E-state index contributed by atoms with van der Waals surface area (Å²) in [5.41, 5.74) is 0.273. The van der Waals surface area contributed by atoms with Crippen molar-refractivity contribution in [1.82, 2.24) is 14.5 Å². The van der Waals surface area contributed by atoms with Gasteiger partial charge >= 0.3 is 12.1 Å². The monoisotopic (exact) mass is 399 g/mol. The van der Waals surface area contributed by atoms with Crippen LogP contribution in [0.1, 0.15) is 5.56 Å². The molecule has 3 rings (SSSR count). The van der Waals surface area contributed by atoms with Gasteiger partial charge in [-0.2, -0.15) is 13.2 Å². The molecule has 0 fully saturated rings. The largest absolute Gasteiger partial charge is 0.478 e. The molecular weight excluding hydrogens is 391 g/mol. The molecule has 3 aromatic rings. The minimum Gasteiger partial charge on any atom is -0.478 e. The lowest BCUT2D eigenvalue weighted by atomic mass is 10.3. The molecule has 134 valence electrons. The zero-order valence-electron chi connectivity index (χ0n) is 12.7. The van der Waals surface area contributed by atoms with E-state index in [9.17, 15) is 18.0 Å². The number of carbonyl (C=O) groups is 1. The number of alkyl halides is 3. The van der Waals surface area contributed by atoms with Crippen molar-refractivity contribution in [3.8, 4) is 0 Å². The van der Waals surface area contributed by atoms with E-state index < -0.39 is 17.7 Å². The number of aromatic nitrogens is 3.